The molecule has 0 spiro atoms. The number of aromatic nitrogens is 3. The summed E-state index contributed by atoms with van der Waals surface area (Å²) < 4.78 is 9.60. The number of nitrogens with one attached hydrogen (secondary N) is 1. The van der Waals surface area contributed by atoms with Crippen LogP contribution in [0.1, 0.15) is 64.3 Å². The molecule has 0 aliphatic carbocycles. The molecule has 0 saturated carbocycles. The summed E-state index contributed by atoms with van der Waals surface area (Å²) in [6.07, 6.45) is 3.27. The number of nitrogens with zero attached hydrogens (tertiary/aromatic N) is 5. The van der Waals surface area contributed by atoms with Crippen molar-refractivity contribution in [3.63, 3.8) is 0 Å². The third kappa shape index (κ3) is 6.85. The second-order valence-corrected chi connectivity index (χ2v) is 12.8. The molecule has 11 nitrogen and oxygen atoms in total. The molecule has 5 rings (SSSR count). The molecule has 2 aromatic heterocycles. The standard InChI is InChI=1S/C35H37ClN6O5/c1-8-22-17-26(32(44)39(6)19-22)31(43)38-27-14-10-13-25(21(27)2)23-11-9-12-24(18-23)42(36)33(45)30-37-28-20-41(16-15-29(28)40(30)7)34(46)47-35(3,4)5/h8-14,17-19H,1,15-16,20H2,2-7H3,(H,38,43). The van der Waals surface area contributed by atoms with Crippen molar-refractivity contribution in [3.05, 3.63) is 106 Å². The Labute approximate surface area is 278 Å². The van der Waals surface area contributed by atoms with Gasteiger partial charge in [-0.3, -0.25) is 14.4 Å². The number of carbonyl (C=O) groups excluding carboxylic acids is 3. The Morgan fingerprint density at radius 2 is 1.83 bits per heavy atom. The van der Waals surface area contributed by atoms with Crippen LogP contribution in [0.25, 0.3) is 17.2 Å². The lowest BCUT2D eigenvalue weighted by Crippen LogP contribution is -2.40. The van der Waals surface area contributed by atoms with Gasteiger partial charge >= 0.3 is 12.0 Å². The summed E-state index contributed by atoms with van der Waals surface area (Å²) in [4.78, 5) is 58.2. The first-order chi connectivity index (χ1) is 22.2. The fourth-order valence-corrected chi connectivity index (χ4v) is 5.67. The van der Waals surface area contributed by atoms with Gasteiger partial charge in [0, 0.05) is 56.4 Å². The van der Waals surface area contributed by atoms with E-state index in [0.29, 0.717) is 35.6 Å². The molecule has 2 aromatic carbocycles. The summed E-state index contributed by atoms with van der Waals surface area (Å²) in [6, 6.07) is 14.1. The maximum atomic E-state index is 13.6. The number of rotatable bonds is 6. The molecule has 0 saturated heterocycles. The number of hydrogen-bond acceptors (Lipinski definition) is 6. The topological polar surface area (TPSA) is 119 Å². The predicted octanol–water partition coefficient (Wildman–Crippen LogP) is 6.08. The zero-order valence-corrected chi connectivity index (χ0v) is 28.0. The number of pyridine rings is 1. The van der Waals surface area contributed by atoms with E-state index in [-0.39, 0.29) is 17.9 Å². The maximum Gasteiger partial charge on any atom is 0.410 e. The Morgan fingerprint density at radius 1 is 1.11 bits per heavy atom. The van der Waals surface area contributed by atoms with Crippen LogP contribution in [0.15, 0.2) is 66.1 Å². The van der Waals surface area contributed by atoms with Gasteiger partial charge in [0.05, 0.1) is 17.9 Å². The smallest absolute Gasteiger partial charge is 0.410 e. The molecule has 1 aliphatic rings. The van der Waals surface area contributed by atoms with Gasteiger partial charge in [0.15, 0.2) is 0 Å². The number of hydrogen-bond donors (Lipinski definition) is 1. The average molecular weight is 657 g/mol. The summed E-state index contributed by atoms with van der Waals surface area (Å²) in [7, 11) is 3.34. The van der Waals surface area contributed by atoms with Gasteiger partial charge in [-0.1, -0.05) is 36.9 Å². The number of fused-ring (bicyclic) bond motifs is 1. The molecular formula is C35H37ClN6O5. The predicted molar refractivity (Wildman–Crippen MR) is 183 cm³/mol. The molecule has 3 amide bonds. The molecule has 0 bridgehead atoms. The lowest BCUT2D eigenvalue weighted by atomic mass is 9.98. The van der Waals surface area contributed by atoms with Gasteiger partial charge in [-0.25, -0.2) is 14.2 Å². The SMILES string of the molecule is C=Cc1cc(C(=O)Nc2cccc(-c3cccc(N(Cl)C(=O)c4nc5c(n4C)CCN(C(=O)OC(C)(C)C)C5)c3)c2C)c(=O)n(C)c1. The van der Waals surface area contributed by atoms with Crippen molar-refractivity contribution in [1.82, 2.24) is 19.0 Å². The van der Waals surface area contributed by atoms with Crippen LogP contribution >= 0.6 is 11.8 Å². The van der Waals surface area contributed by atoms with E-state index >= 15 is 0 Å². The Hall–Kier alpha value is -5.16. The van der Waals surface area contributed by atoms with E-state index in [2.05, 4.69) is 16.9 Å². The van der Waals surface area contributed by atoms with E-state index in [4.69, 9.17) is 16.5 Å². The molecule has 0 radical (unpaired) electrons. The minimum absolute atomic E-state index is 0.00140. The molecule has 0 unspecified atom stereocenters. The second-order valence-electron chi connectivity index (χ2n) is 12.4. The highest BCUT2D eigenvalue weighted by molar-refractivity contribution is 6.38. The number of halogens is 1. The van der Waals surface area contributed by atoms with Gasteiger partial charge in [-0.05, 0) is 74.2 Å². The molecular weight excluding hydrogens is 620 g/mol. The molecule has 1 N–H and O–H groups in total. The fraction of sp³-hybridized carbons (Fsp3) is 0.286. The number of anilines is 2. The Balaban J connectivity index is 1.37. The van der Waals surface area contributed by atoms with Gasteiger partial charge in [-0.15, -0.1) is 0 Å². The van der Waals surface area contributed by atoms with E-state index in [1.807, 2.05) is 39.8 Å². The summed E-state index contributed by atoms with van der Waals surface area (Å²) in [5.41, 5.74) is 4.34. The first kappa shape index (κ1) is 33.2. The first-order valence-corrected chi connectivity index (χ1v) is 15.4. The Bertz CT molecular complexity index is 1970. The van der Waals surface area contributed by atoms with E-state index in [1.54, 1.807) is 66.2 Å². The van der Waals surface area contributed by atoms with Crippen molar-refractivity contribution in [2.45, 2.75) is 46.3 Å². The summed E-state index contributed by atoms with van der Waals surface area (Å²) in [5.74, 6) is -0.910. The molecule has 47 heavy (non-hydrogen) atoms. The highest BCUT2D eigenvalue weighted by atomic mass is 35.5. The number of amides is 3. The lowest BCUT2D eigenvalue weighted by Gasteiger charge is -2.29. The molecule has 244 valence electrons. The van der Waals surface area contributed by atoms with Crippen LogP contribution in [0.2, 0.25) is 0 Å². The molecule has 1 aliphatic heterocycles. The Kier molecular flexibility index (Phi) is 9.13. The first-order valence-electron chi connectivity index (χ1n) is 15.1. The summed E-state index contributed by atoms with van der Waals surface area (Å²) in [5, 5.41) is 2.86. The number of aryl methyl sites for hydroxylation is 1. The second kappa shape index (κ2) is 12.9. The quantitative estimate of drug-likeness (QED) is 0.251. The minimum atomic E-state index is -0.623. The summed E-state index contributed by atoms with van der Waals surface area (Å²) >= 11 is 6.65. The van der Waals surface area contributed by atoms with Crippen LogP contribution in [0.3, 0.4) is 0 Å². The normalized spacial score (nSPS) is 12.7. The van der Waals surface area contributed by atoms with Crippen LogP contribution in [-0.4, -0.2) is 49.1 Å². The van der Waals surface area contributed by atoms with Crippen molar-refractivity contribution in [3.8, 4) is 11.1 Å². The van der Waals surface area contributed by atoms with Crippen molar-refractivity contribution in [1.29, 1.82) is 0 Å². The highest BCUT2D eigenvalue weighted by Crippen LogP contribution is 2.32. The Morgan fingerprint density at radius 3 is 2.53 bits per heavy atom. The monoisotopic (exact) mass is 656 g/mol. The van der Waals surface area contributed by atoms with Crippen LogP contribution in [0.4, 0.5) is 16.2 Å². The van der Waals surface area contributed by atoms with E-state index < -0.39 is 29.1 Å². The fourth-order valence-electron chi connectivity index (χ4n) is 5.49. The molecule has 12 heteroatoms. The highest BCUT2D eigenvalue weighted by Gasteiger charge is 2.31. The van der Waals surface area contributed by atoms with E-state index in [9.17, 15) is 19.2 Å². The number of benzene rings is 2. The van der Waals surface area contributed by atoms with Crippen LogP contribution < -0.4 is 15.3 Å². The zero-order chi connectivity index (χ0) is 34.2. The summed E-state index contributed by atoms with van der Waals surface area (Å²) in [6.45, 7) is 11.7. The van der Waals surface area contributed by atoms with Gasteiger partial charge in [0.2, 0.25) is 5.82 Å². The van der Waals surface area contributed by atoms with E-state index in [1.165, 1.54) is 10.6 Å². The van der Waals surface area contributed by atoms with Crippen molar-refractivity contribution < 1.29 is 19.1 Å². The molecule has 0 fully saturated rings. The van der Waals surface area contributed by atoms with Crippen LogP contribution in [0.5, 0.6) is 0 Å². The van der Waals surface area contributed by atoms with Crippen LogP contribution in [0, 0.1) is 6.92 Å². The number of ether oxygens (including phenoxy) is 1. The molecule has 0 atom stereocenters. The van der Waals surface area contributed by atoms with Crippen molar-refractivity contribution >= 4 is 47.1 Å². The van der Waals surface area contributed by atoms with Crippen LogP contribution in [-0.2, 0) is 31.8 Å². The average Bonchev–Trinajstić information content (AvgIpc) is 3.37. The third-order valence-corrected chi connectivity index (χ3v) is 8.28. The molecule has 4 aromatic rings. The van der Waals surface area contributed by atoms with E-state index in [0.717, 1.165) is 26.8 Å². The molecule has 3 heterocycles. The largest absolute Gasteiger partial charge is 0.444 e. The number of imidazole rings is 1. The van der Waals surface area contributed by atoms with Crippen molar-refractivity contribution in [2.24, 2.45) is 14.1 Å². The maximum absolute atomic E-state index is 13.6. The van der Waals surface area contributed by atoms with Gasteiger partial charge in [-0.2, -0.15) is 0 Å². The minimum Gasteiger partial charge on any atom is -0.444 e. The lowest BCUT2D eigenvalue weighted by molar-refractivity contribution is 0.0220. The number of carbonyl (C=O) groups is 3. The van der Waals surface area contributed by atoms with Gasteiger partial charge in [0.1, 0.15) is 11.2 Å². The van der Waals surface area contributed by atoms with Gasteiger partial charge < -0.3 is 24.1 Å². The van der Waals surface area contributed by atoms with Gasteiger partial charge in [0.25, 0.3) is 11.5 Å². The third-order valence-electron chi connectivity index (χ3n) is 7.93. The van der Waals surface area contributed by atoms with Crippen molar-refractivity contribution in [2.75, 3.05) is 16.3 Å². The zero-order valence-electron chi connectivity index (χ0n) is 27.3.